The van der Waals surface area contributed by atoms with Gasteiger partial charge in [0.05, 0.1) is 10.9 Å². The summed E-state index contributed by atoms with van der Waals surface area (Å²) in [6.45, 7) is 0. The van der Waals surface area contributed by atoms with Crippen molar-refractivity contribution in [1.29, 1.82) is 0 Å². The third-order valence-electron chi connectivity index (χ3n) is 2.91. The lowest BCUT2D eigenvalue weighted by Gasteiger charge is -2.14. The summed E-state index contributed by atoms with van der Waals surface area (Å²) in [6.07, 6.45) is 0.405. The number of halogens is 4. The molecule has 0 aliphatic carbocycles. The minimum Gasteiger partial charge on any atom is -0.507 e. The van der Waals surface area contributed by atoms with Gasteiger partial charge in [-0.15, -0.1) is 16.6 Å². The summed E-state index contributed by atoms with van der Waals surface area (Å²) in [5.41, 5.74) is -1.59. The largest absolute Gasteiger partial charge is 0.507 e. The highest BCUT2D eigenvalue weighted by molar-refractivity contribution is 9.09. The van der Waals surface area contributed by atoms with Crippen molar-refractivity contribution in [3.8, 4) is 29.4 Å². The Labute approximate surface area is 143 Å². The number of alkyl halides is 4. The average molecular weight is 400 g/mol. The molecule has 2 aromatic rings. The standard InChI is InChI=1S/C15H9BrF3N3O2/c1-2-8-3-4-9(11(23)5-8)14-10(15(17,18)19)6-12(21-22-14)20-13(24)7-16/h1,3-6,23H,7H2,(H,20,21,24). The summed E-state index contributed by atoms with van der Waals surface area (Å²) in [5.74, 6) is 0.873. The van der Waals surface area contributed by atoms with Crippen LogP contribution < -0.4 is 5.32 Å². The van der Waals surface area contributed by atoms with Gasteiger partial charge in [-0.3, -0.25) is 4.79 Å². The number of nitrogens with one attached hydrogen (secondary N) is 1. The number of benzene rings is 1. The van der Waals surface area contributed by atoms with Gasteiger partial charge in [0.15, 0.2) is 5.82 Å². The van der Waals surface area contributed by atoms with Crippen molar-refractivity contribution in [2.45, 2.75) is 6.18 Å². The SMILES string of the molecule is C#Cc1ccc(-c2nnc(NC(=O)CBr)cc2C(F)(F)F)c(O)c1. The Morgan fingerprint density at radius 2 is 2.04 bits per heavy atom. The van der Waals surface area contributed by atoms with Crippen LogP contribution in [0.5, 0.6) is 5.75 Å². The zero-order valence-corrected chi connectivity index (χ0v) is 13.4. The molecule has 0 atom stereocenters. The summed E-state index contributed by atoms with van der Waals surface area (Å²) in [5, 5.41) is 19.0. The second-order valence-corrected chi connectivity index (χ2v) is 5.11. The highest BCUT2D eigenvalue weighted by Crippen LogP contribution is 2.39. The molecule has 1 amide bonds. The van der Waals surface area contributed by atoms with Crippen molar-refractivity contribution < 1.29 is 23.1 Å². The van der Waals surface area contributed by atoms with Gasteiger partial charge in [0.2, 0.25) is 5.91 Å². The minimum absolute atomic E-state index is 0.105. The third-order valence-corrected chi connectivity index (χ3v) is 3.42. The normalized spacial score (nSPS) is 11.0. The van der Waals surface area contributed by atoms with Crippen molar-refractivity contribution in [3.63, 3.8) is 0 Å². The molecule has 0 radical (unpaired) electrons. The molecule has 0 aliphatic rings. The maximum absolute atomic E-state index is 13.3. The van der Waals surface area contributed by atoms with Gasteiger partial charge < -0.3 is 10.4 Å². The summed E-state index contributed by atoms with van der Waals surface area (Å²) >= 11 is 2.87. The van der Waals surface area contributed by atoms with Crippen LogP contribution in [0.2, 0.25) is 0 Å². The van der Waals surface area contributed by atoms with Crippen molar-refractivity contribution >= 4 is 27.7 Å². The molecule has 1 heterocycles. The number of hydrogen-bond acceptors (Lipinski definition) is 4. The number of phenols is 1. The zero-order valence-electron chi connectivity index (χ0n) is 11.9. The minimum atomic E-state index is -4.77. The van der Waals surface area contributed by atoms with E-state index in [1.54, 1.807) is 0 Å². The number of phenolic OH excluding ortho intramolecular Hbond substituents is 1. The molecular formula is C15H9BrF3N3O2. The van der Waals surface area contributed by atoms with Crippen molar-refractivity contribution in [1.82, 2.24) is 10.2 Å². The molecule has 5 nitrogen and oxygen atoms in total. The highest BCUT2D eigenvalue weighted by atomic mass is 79.9. The van der Waals surface area contributed by atoms with Gasteiger partial charge in [0, 0.05) is 11.1 Å². The summed E-state index contributed by atoms with van der Waals surface area (Å²) in [4.78, 5) is 11.3. The monoisotopic (exact) mass is 399 g/mol. The number of aromatic hydroxyl groups is 1. The predicted octanol–water partition coefficient (Wildman–Crippen LogP) is 3.18. The van der Waals surface area contributed by atoms with Crippen LogP contribution in [0.1, 0.15) is 11.1 Å². The molecule has 1 aromatic heterocycles. The number of terminal acetylenes is 1. The Morgan fingerprint density at radius 1 is 1.33 bits per heavy atom. The first kappa shape index (κ1) is 17.7. The van der Waals surface area contributed by atoms with E-state index >= 15 is 0 Å². The Kier molecular flexibility index (Phi) is 5.09. The fourth-order valence-electron chi connectivity index (χ4n) is 1.87. The number of rotatable bonds is 3. The zero-order chi connectivity index (χ0) is 17.9. The number of carbonyl (C=O) groups is 1. The first-order chi connectivity index (χ1) is 11.3. The Hall–Kier alpha value is -2.60. The maximum Gasteiger partial charge on any atom is 0.418 e. The molecule has 1 aromatic carbocycles. The topological polar surface area (TPSA) is 75.1 Å². The van der Waals surface area contributed by atoms with Gasteiger partial charge in [-0.25, -0.2) is 0 Å². The molecular weight excluding hydrogens is 391 g/mol. The number of nitrogens with zero attached hydrogens (tertiary/aromatic N) is 2. The van der Waals surface area contributed by atoms with Crippen LogP contribution in [-0.4, -0.2) is 26.5 Å². The van der Waals surface area contributed by atoms with Crippen molar-refractivity contribution in [3.05, 3.63) is 35.4 Å². The van der Waals surface area contributed by atoms with E-state index in [4.69, 9.17) is 6.42 Å². The summed E-state index contributed by atoms with van der Waals surface area (Å²) < 4.78 is 39.9. The van der Waals surface area contributed by atoms with Gasteiger partial charge >= 0.3 is 6.18 Å². The van der Waals surface area contributed by atoms with Crippen LogP contribution in [-0.2, 0) is 11.0 Å². The van der Waals surface area contributed by atoms with Gasteiger partial charge in [-0.1, -0.05) is 21.9 Å². The highest BCUT2D eigenvalue weighted by Gasteiger charge is 2.36. The summed E-state index contributed by atoms with van der Waals surface area (Å²) in [7, 11) is 0. The average Bonchev–Trinajstić information content (AvgIpc) is 2.54. The first-order valence-corrected chi connectivity index (χ1v) is 7.49. The van der Waals surface area contributed by atoms with Crippen molar-refractivity contribution in [2.75, 3.05) is 10.6 Å². The Balaban J connectivity index is 2.58. The molecule has 0 fully saturated rings. The van der Waals surface area contributed by atoms with E-state index in [1.165, 1.54) is 12.1 Å². The van der Waals surface area contributed by atoms with E-state index in [0.29, 0.717) is 11.6 Å². The molecule has 124 valence electrons. The lowest BCUT2D eigenvalue weighted by Crippen LogP contribution is -2.16. The summed E-state index contributed by atoms with van der Waals surface area (Å²) in [6, 6.07) is 4.40. The van der Waals surface area contributed by atoms with Crippen LogP contribution in [0, 0.1) is 12.3 Å². The number of carbonyl (C=O) groups excluding carboxylic acids is 1. The first-order valence-electron chi connectivity index (χ1n) is 6.37. The molecule has 0 unspecified atom stereocenters. The molecule has 24 heavy (non-hydrogen) atoms. The number of aromatic nitrogens is 2. The van der Waals surface area contributed by atoms with Crippen LogP contribution >= 0.6 is 15.9 Å². The van der Waals surface area contributed by atoms with Gasteiger partial charge in [0.25, 0.3) is 0 Å². The van der Waals surface area contributed by atoms with Gasteiger partial charge in [-0.2, -0.15) is 13.2 Å². The van der Waals surface area contributed by atoms with E-state index in [2.05, 4.69) is 37.4 Å². The predicted molar refractivity (Wildman–Crippen MR) is 84.5 cm³/mol. The van der Waals surface area contributed by atoms with Gasteiger partial charge in [-0.05, 0) is 24.3 Å². The smallest absolute Gasteiger partial charge is 0.418 e. The molecule has 9 heteroatoms. The molecule has 0 saturated carbocycles. The molecule has 0 saturated heterocycles. The molecule has 0 bridgehead atoms. The van der Waals surface area contributed by atoms with Crippen LogP contribution in [0.15, 0.2) is 24.3 Å². The second-order valence-electron chi connectivity index (χ2n) is 4.55. The van der Waals surface area contributed by atoms with E-state index in [0.717, 1.165) is 6.07 Å². The molecule has 2 N–H and O–H groups in total. The van der Waals surface area contributed by atoms with Crippen LogP contribution in [0.3, 0.4) is 0 Å². The fraction of sp³-hybridized carbons (Fsp3) is 0.133. The Bertz CT molecular complexity index is 832. The second kappa shape index (κ2) is 6.88. The lowest BCUT2D eigenvalue weighted by molar-refractivity contribution is -0.137. The molecule has 2 rings (SSSR count). The lowest BCUT2D eigenvalue weighted by atomic mass is 10.0. The number of anilines is 1. The van der Waals surface area contributed by atoms with E-state index in [1.807, 2.05) is 0 Å². The number of hydrogen-bond donors (Lipinski definition) is 2. The van der Waals surface area contributed by atoms with E-state index in [9.17, 15) is 23.1 Å². The van der Waals surface area contributed by atoms with E-state index in [-0.39, 0.29) is 16.7 Å². The Morgan fingerprint density at radius 3 is 2.58 bits per heavy atom. The number of amides is 1. The van der Waals surface area contributed by atoms with Crippen molar-refractivity contribution in [2.24, 2.45) is 0 Å². The van der Waals surface area contributed by atoms with Crippen LogP contribution in [0.25, 0.3) is 11.3 Å². The molecule has 0 spiro atoms. The fourth-order valence-corrected chi connectivity index (χ4v) is 2.01. The maximum atomic E-state index is 13.3. The van der Waals surface area contributed by atoms with E-state index < -0.39 is 29.1 Å². The quantitative estimate of drug-likeness (QED) is 0.613. The third kappa shape index (κ3) is 3.83. The van der Waals surface area contributed by atoms with Gasteiger partial charge in [0.1, 0.15) is 11.4 Å². The van der Waals surface area contributed by atoms with Crippen LogP contribution in [0.4, 0.5) is 19.0 Å². The molecule has 0 aliphatic heterocycles.